The van der Waals surface area contributed by atoms with Crippen molar-refractivity contribution in [3.8, 4) is 0 Å². The molecular weight excluding hydrogens is 402 g/mol. The summed E-state index contributed by atoms with van der Waals surface area (Å²) in [7, 11) is 0. The number of rotatable bonds is 7. The minimum absolute atomic E-state index is 0.00792. The molecule has 1 aliphatic heterocycles. The van der Waals surface area contributed by atoms with Crippen LogP contribution in [-0.2, 0) is 4.79 Å². The van der Waals surface area contributed by atoms with Crippen molar-refractivity contribution in [2.24, 2.45) is 11.8 Å². The van der Waals surface area contributed by atoms with Gasteiger partial charge < -0.3 is 15.5 Å². The highest BCUT2D eigenvalue weighted by molar-refractivity contribution is 5.97. The summed E-state index contributed by atoms with van der Waals surface area (Å²) in [6.07, 6.45) is 1.32. The first kappa shape index (κ1) is 23.5. The largest absolute Gasteiger partial charge is 0.354 e. The SMILES string of the molecule is Cc1ccc(C(=O)N[C@@H](C(=O)NCC(C)C)C2CCN(C(=O)c3ccccc3)CC2)cc1. The van der Waals surface area contributed by atoms with Gasteiger partial charge in [-0.15, -0.1) is 0 Å². The van der Waals surface area contributed by atoms with E-state index in [-0.39, 0.29) is 23.6 Å². The zero-order chi connectivity index (χ0) is 23.1. The molecule has 2 aromatic carbocycles. The normalized spacial score (nSPS) is 15.3. The van der Waals surface area contributed by atoms with Crippen molar-refractivity contribution >= 4 is 17.7 Å². The molecule has 1 saturated heterocycles. The molecule has 0 bridgehead atoms. The third kappa shape index (κ3) is 6.19. The van der Waals surface area contributed by atoms with Crippen molar-refractivity contribution in [2.45, 2.75) is 39.7 Å². The van der Waals surface area contributed by atoms with E-state index in [0.717, 1.165) is 5.56 Å². The van der Waals surface area contributed by atoms with Gasteiger partial charge in [-0.3, -0.25) is 14.4 Å². The highest BCUT2D eigenvalue weighted by Gasteiger charge is 2.34. The van der Waals surface area contributed by atoms with Gasteiger partial charge in [0.2, 0.25) is 5.91 Å². The molecule has 0 saturated carbocycles. The van der Waals surface area contributed by atoms with Crippen LogP contribution >= 0.6 is 0 Å². The summed E-state index contributed by atoms with van der Waals surface area (Å²) in [5, 5.41) is 5.94. The van der Waals surface area contributed by atoms with Crippen LogP contribution in [0, 0.1) is 18.8 Å². The van der Waals surface area contributed by atoms with Crippen molar-refractivity contribution in [3.63, 3.8) is 0 Å². The highest BCUT2D eigenvalue weighted by Crippen LogP contribution is 2.23. The monoisotopic (exact) mass is 435 g/mol. The minimum Gasteiger partial charge on any atom is -0.354 e. The molecule has 0 radical (unpaired) electrons. The maximum atomic E-state index is 13.0. The maximum Gasteiger partial charge on any atom is 0.253 e. The average Bonchev–Trinajstić information content (AvgIpc) is 2.81. The molecule has 170 valence electrons. The number of hydrogen-bond acceptors (Lipinski definition) is 3. The highest BCUT2D eigenvalue weighted by atomic mass is 16.2. The fraction of sp³-hybridized carbons (Fsp3) is 0.423. The van der Waals surface area contributed by atoms with Crippen molar-refractivity contribution in [1.29, 1.82) is 0 Å². The van der Waals surface area contributed by atoms with Crippen LogP contribution in [0.3, 0.4) is 0 Å². The number of carbonyl (C=O) groups is 3. The van der Waals surface area contributed by atoms with E-state index in [1.807, 2.05) is 68.1 Å². The Kier molecular flexibility index (Phi) is 8.03. The molecule has 2 N–H and O–H groups in total. The molecule has 3 amide bonds. The van der Waals surface area contributed by atoms with Gasteiger partial charge in [0, 0.05) is 30.8 Å². The van der Waals surface area contributed by atoms with Gasteiger partial charge in [-0.05, 0) is 55.9 Å². The number of amides is 3. The topological polar surface area (TPSA) is 78.5 Å². The summed E-state index contributed by atoms with van der Waals surface area (Å²) in [6, 6.07) is 15.9. The zero-order valence-electron chi connectivity index (χ0n) is 19.1. The van der Waals surface area contributed by atoms with Gasteiger partial charge in [-0.1, -0.05) is 49.7 Å². The predicted molar refractivity (Wildman–Crippen MR) is 125 cm³/mol. The lowest BCUT2D eigenvalue weighted by Crippen LogP contribution is -2.54. The Morgan fingerprint density at radius 1 is 0.938 bits per heavy atom. The Balaban J connectivity index is 1.68. The quantitative estimate of drug-likeness (QED) is 0.700. The Morgan fingerprint density at radius 3 is 2.16 bits per heavy atom. The second-order valence-electron chi connectivity index (χ2n) is 8.95. The van der Waals surface area contributed by atoms with Gasteiger partial charge in [0.15, 0.2) is 0 Å². The van der Waals surface area contributed by atoms with Gasteiger partial charge in [0.05, 0.1) is 0 Å². The molecule has 6 heteroatoms. The Labute approximate surface area is 190 Å². The van der Waals surface area contributed by atoms with Crippen molar-refractivity contribution in [3.05, 3.63) is 71.3 Å². The second kappa shape index (κ2) is 10.9. The van der Waals surface area contributed by atoms with Crippen LogP contribution in [0.15, 0.2) is 54.6 Å². The average molecular weight is 436 g/mol. The summed E-state index contributed by atoms with van der Waals surface area (Å²) in [4.78, 5) is 40.4. The number of nitrogens with one attached hydrogen (secondary N) is 2. The van der Waals surface area contributed by atoms with Crippen LogP contribution in [0.4, 0.5) is 0 Å². The van der Waals surface area contributed by atoms with Crippen LogP contribution in [0.1, 0.15) is 53.0 Å². The molecule has 0 spiro atoms. The molecule has 6 nitrogen and oxygen atoms in total. The number of nitrogens with zero attached hydrogens (tertiary/aromatic N) is 1. The molecule has 0 unspecified atom stereocenters. The molecular formula is C26H33N3O3. The third-order valence-electron chi connectivity index (χ3n) is 5.89. The molecule has 0 aromatic heterocycles. The maximum absolute atomic E-state index is 13.0. The fourth-order valence-corrected chi connectivity index (χ4v) is 3.94. The molecule has 3 rings (SSSR count). The Morgan fingerprint density at radius 2 is 1.56 bits per heavy atom. The van der Waals surface area contributed by atoms with Gasteiger partial charge in [0.1, 0.15) is 6.04 Å². The van der Waals surface area contributed by atoms with E-state index in [2.05, 4.69) is 10.6 Å². The van der Waals surface area contributed by atoms with Crippen molar-refractivity contribution in [2.75, 3.05) is 19.6 Å². The van der Waals surface area contributed by atoms with Gasteiger partial charge in [-0.25, -0.2) is 0 Å². The van der Waals surface area contributed by atoms with E-state index in [4.69, 9.17) is 0 Å². The number of piperidine rings is 1. The molecule has 1 heterocycles. The van der Waals surface area contributed by atoms with Crippen LogP contribution < -0.4 is 10.6 Å². The number of benzene rings is 2. The van der Waals surface area contributed by atoms with Gasteiger partial charge >= 0.3 is 0 Å². The van der Waals surface area contributed by atoms with E-state index in [1.54, 1.807) is 12.1 Å². The summed E-state index contributed by atoms with van der Waals surface area (Å²) in [6.45, 7) is 7.72. The molecule has 2 aromatic rings. The smallest absolute Gasteiger partial charge is 0.253 e. The number of aryl methyl sites for hydroxylation is 1. The molecule has 32 heavy (non-hydrogen) atoms. The van der Waals surface area contributed by atoms with E-state index < -0.39 is 6.04 Å². The first-order valence-corrected chi connectivity index (χ1v) is 11.3. The lowest BCUT2D eigenvalue weighted by Gasteiger charge is -2.36. The van der Waals surface area contributed by atoms with Crippen molar-refractivity contribution < 1.29 is 14.4 Å². The minimum atomic E-state index is -0.628. The van der Waals surface area contributed by atoms with Crippen LogP contribution in [-0.4, -0.2) is 48.3 Å². The summed E-state index contributed by atoms with van der Waals surface area (Å²) >= 11 is 0. The predicted octanol–water partition coefficient (Wildman–Crippen LogP) is 3.42. The number of likely N-dealkylation sites (tertiary alicyclic amines) is 1. The van der Waals surface area contributed by atoms with Gasteiger partial charge in [-0.2, -0.15) is 0 Å². The Bertz CT molecular complexity index is 917. The third-order valence-corrected chi connectivity index (χ3v) is 5.89. The lowest BCUT2D eigenvalue weighted by molar-refractivity contribution is -0.124. The first-order chi connectivity index (χ1) is 15.3. The Hall–Kier alpha value is -3.15. The van der Waals surface area contributed by atoms with Crippen LogP contribution in [0.5, 0.6) is 0 Å². The van der Waals surface area contributed by atoms with Gasteiger partial charge in [0.25, 0.3) is 11.8 Å². The van der Waals surface area contributed by atoms with E-state index in [9.17, 15) is 14.4 Å². The first-order valence-electron chi connectivity index (χ1n) is 11.3. The zero-order valence-corrected chi connectivity index (χ0v) is 19.1. The van der Waals surface area contributed by atoms with Crippen LogP contribution in [0.2, 0.25) is 0 Å². The summed E-state index contributed by atoms with van der Waals surface area (Å²) < 4.78 is 0. The summed E-state index contributed by atoms with van der Waals surface area (Å²) in [5.74, 6) is -0.118. The fourth-order valence-electron chi connectivity index (χ4n) is 3.94. The lowest BCUT2D eigenvalue weighted by atomic mass is 9.88. The van der Waals surface area contributed by atoms with Crippen molar-refractivity contribution in [1.82, 2.24) is 15.5 Å². The second-order valence-corrected chi connectivity index (χ2v) is 8.95. The van der Waals surface area contributed by atoms with E-state index >= 15 is 0 Å². The number of carbonyl (C=O) groups excluding carboxylic acids is 3. The number of hydrogen-bond donors (Lipinski definition) is 2. The van der Waals surface area contributed by atoms with Crippen LogP contribution in [0.25, 0.3) is 0 Å². The molecule has 0 aliphatic carbocycles. The summed E-state index contributed by atoms with van der Waals surface area (Å²) in [5.41, 5.74) is 2.28. The molecule has 1 aliphatic rings. The molecule has 1 fully saturated rings. The standard InChI is InChI=1S/C26H33N3O3/c1-18(2)17-27-25(31)23(28-24(30)21-11-9-19(3)10-12-21)20-13-15-29(16-14-20)26(32)22-7-5-4-6-8-22/h4-12,18,20,23H,13-17H2,1-3H3,(H,27,31)(H,28,30)/t23-/m1/s1. The van der Waals surface area contributed by atoms with E-state index in [0.29, 0.717) is 49.5 Å². The molecule has 1 atom stereocenters. The van der Waals surface area contributed by atoms with E-state index in [1.165, 1.54) is 0 Å².